The Kier molecular flexibility index (Phi) is 5.26. The van der Waals surface area contributed by atoms with Crippen molar-refractivity contribution < 1.29 is 53.5 Å². The maximum Gasteiger partial charge on any atom is 0.321 e. The topological polar surface area (TPSA) is 63.4 Å². The van der Waals surface area contributed by atoms with E-state index < -0.39 is 86.3 Å². The molecule has 2 N–H and O–H groups in total. The van der Waals surface area contributed by atoms with Crippen molar-refractivity contribution in [3.05, 3.63) is 58.2 Å². The standard InChI is InChI=1S/C14H2F10N2O2/c15-1-3(17)7(21)11(8(22)4(1)18)26(14(28)13(25)27)12-9(23)5(19)2(16)6(20)10(12)24/h(H2,25,27). The Labute approximate surface area is 146 Å². The van der Waals surface area contributed by atoms with Gasteiger partial charge in [-0.3, -0.25) is 14.5 Å². The van der Waals surface area contributed by atoms with Gasteiger partial charge in [0.05, 0.1) is 0 Å². The molecule has 4 nitrogen and oxygen atoms in total. The van der Waals surface area contributed by atoms with Crippen LogP contribution in [0, 0.1) is 58.2 Å². The number of rotatable bonds is 2. The summed E-state index contributed by atoms with van der Waals surface area (Å²) in [4.78, 5) is 21.6. The summed E-state index contributed by atoms with van der Waals surface area (Å²) in [6, 6.07) is 0. The number of amides is 2. The summed E-state index contributed by atoms with van der Waals surface area (Å²) in [5.74, 6) is -33.1. The Morgan fingerprint density at radius 2 is 0.714 bits per heavy atom. The van der Waals surface area contributed by atoms with E-state index in [2.05, 4.69) is 5.73 Å². The fourth-order valence-electron chi connectivity index (χ4n) is 2.00. The number of carbonyl (C=O) groups is 2. The number of nitrogens with zero attached hydrogens (tertiary/aromatic N) is 1. The van der Waals surface area contributed by atoms with E-state index in [1.807, 2.05) is 0 Å². The van der Waals surface area contributed by atoms with E-state index in [1.165, 1.54) is 0 Å². The molecule has 2 aromatic carbocycles. The Balaban J connectivity index is 3.06. The third-order valence-corrected chi connectivity index (χ3v) is 3.23. The molecule has 2 aromatic rings. The molecule has 0 aliphatic rings. The molecule has 0 aliphatic heterocycles. The molecular weight excluding hydrogens is 418 g/mol. The van der Waals surface area contributed by atoms with Gasteiger partial charge in [0, 0.05) is 0 Å². The molecule has 0 radical (unpaired) electrons. The summed E-state index contributed by atoms with van der Waals surface area (Å²) >= 11 is 0. The maximum absolute atomic E-state index is 13.9. The van der Waals surface area contributed by atoms with Gasteiger partial charge in [0.1, 0.15) is 11.4 Å². The molecule has 0 fully saturated rings. The fraction of sp³-hybridized carbons (Fsp3) is 0. The number of primary amides is 1. The summed E-state index contributed by atoms with van der Waals surface area (Å²) in [5, 5.41) is 0. The first-order valence-corrected chi connectivity index (χ1v) is 6.51. The Hall–Kier alpha value is -3.32. The van der Waals surface area contributed by atoms with E-state index in [1.54, 1.807) is 0 Å². The van der Waals surface area contributed by atoms with Gasteiger partial charge in [-0.25, -0.2) is 43.9 Å². The third-order valence-electron chi connectivity index (χ3n) is 3.23. The van der Waals surface area contributed by atoms with Crippen LogP contribution >= 0.6 is 0 Å². The van der Waals surface area contributed by atoms with Crippen molar-refractivity contribution in [2.75, 3.05) is 4.90 Å². The fourth-order valence-corrected chi connectivity index (χ4v) is 2.00. The van der Waals surface area contributed by atoms with Crippen LogP contribution in [0.1, 0.15) is 0 Å². The van der Waals surface area contributed by atoms with E-state index >= 15 is 0 Å². The first-order valence-electron chi connectivity index (χ1n) is 6.51. The molecule has 0 heterocycles. The van der Waals surface area contributed by atoms with E-state index in [0.717, 1.165) is 0 Å². The lowest BCUT2D eigenvalue weighted by Crippen LogP contribution is -2.40. The highest BCUT2D eigenvalue weighted by Crippen LogP contribution is 2.39. The largest absolute Gasteiger partial charge is 0.361 e. The van der Waals surface area contributed by atoms with Gasteiger partial charge in [-0.05, 0) is 0 Å². The number of hydrogen-bond donors (Lipinski definition) is 1. The molecule has 0 atom stereocenters. The van der Waals surface area contributed by atoms with Gasteiger partial charge in [0.15, 0.2) is 46.5 Å². The molecule has 14 heteroatoms. The molecule has 2 rings (SSSR count). The van der Waals surface area contributed by atoms with Gasteiger partial charge >= 0.3 is 11.8 Å². The average Bonchev–Trinajstić information content (AvgIpc) is 2.65. The summed E-state index contributed by atoms with van der Waals surface area (Å²) in [5.41, 5.74) is -0.513. The smallest absolute Gasteiger partial charge is 0.321 e. The van der Waals surface area contributed by atoms with Crippen LogP contribution in [0.3, 0.4) is 0 Å². The zero-order valence-electron chi connectivity index (χ0n) is 12.6. The Morgan fingerprint density at radius 1 is 0.500 bits per heavy atom. The van der Waals surface area contributed by atoms with Gasteiger partial charge in [-0.2, -0.15) is 0 Å². The van der Waals surface area contributed by atoms with Crippen LogP contribution in [0.25, 0.3) is 0 Å². The number of nitrogens with two attached hydrogens (primary N) is 1. The normalized spacial score (nSPS) is 10.9. The second kappa shape index (κ2) is 7.01. The number of halogens is 10. The maximum atomic E-state index is 13.9. The van der Waals surface area contributed by atoms with Crippen molar-refractivity contribution in [3.8, 4) is 0 Å². The van der Waals surface area contributed by atoms with Crippen molar-refractivity contribution in [2.45, 2.75) is 0 Å². The predicted octanol–water partition coefficient (Wildman–Crippen LogP) is 3.23. The highest BCUT2D eigenvalue weighted by atomic mass is 19.2. The average molecular weight is 420 g/mol. The summed E-state index contributed by atoms with van der Waals surface area (Å²) in [7, 11) is 0. The van der Waals surface area contributed by atoms with E-state index in [-0.39, 0.29) is 0 Å². The van der Waals surface area contributed by atoms with Crippen LogP contribution in [-0.4, -0.2) is 11.8 Å². The van der Waals surface area contributed by atoms with Crippen LogP contribution in [0.15, 0.2) is 0 Å². The molecule has 0 aromatic heterocycles. The molecule has 0 saturated carbocycles. The highest BCUT2D eigenvalue weighted by molar-refractivity contribution is 6.41. The monoisotopic (exact) mass is 420 g/mol. The first kappa shape index (κ1) is 21.0. The predicted molar refractivity (Wildman–Crippen MR) is 68.8 cm³/mol. The van der Waals surface area contributed by atoms with Crippen LogP contribution in [0.4, 0.5) is 55.3 Å². The molecule has 28 heavy (non-hydrogen) atoms. The molecule has 0 saturated heterocycles. The molecule has 0 bridgehead atoms. The lowest BCUT2D eigenvalue weighted by Gasteiger charge is -2.24. The molecule has 0 aliphatic carbocycles. The lowest BCUT2D eigenvalue weighted by atomic mass is 10.1. The van der Waals surface area contributed by atoms with Gasteiger partial charge in [0.25, 0.3) is 0 Å². The summed E-state index contributed by atoms with van der Waals surface area (Å²) in [6.45, 7) is 0. The van der Waals surface area contributed by atoms with Crippen LogP contribution < -0.4 is 10.6 Å². The molecular formula is C14H2F10N2O2. The molecule has 0 spiro atoms. The van der Waals surface area contributed by atoms with Gasteiger partial charge in [-0.15, -0.1) is 0 Å². The minimum atomic E-state index is -2.84. The van der Waals surface area contributed by atoms with Crippen molar-refractivity contribution >= 4 is 23.2 Å². The van der Waals surface area contributed by atoms with Gasteiger partial charge in [-0.1, -0.05) is 0 Å². The van der Waals surface area contributed by atoms with Gasteiger partial charge < -0.3 is 5.73 Å². The minimum absolute atomic E-state index is 1.24. The van der Waals surface area contributed by atoms with E-state index in [9.17, 15) is 53.5 Å². The number of hydrogen-bond acceptors (Lipinski definition) is 2. The van der Waals surface area contributed by atoms with Crippen LogP contribution in [0.2, 0.25) is 0 Å². The zero-order valence-corrected chi connectivity index (χ0v) is 12.6. The molecule has 0 unspecified atom stereocenters. The van der Waals surface area contributed by atoms with Crippen molar-refractivity contribution in [1.82, 2.24) is 0 Å². The Morgan fingerprint density at radius 3 is 0.929 bits per heavy atom. The SMILES string of the molecule is NC(=O)C(=O)N(c1c(F)c(F)c(F)c(F)c1F)c1c(F)c(F)c(F)c(F)c1F. The second-order valence-corrected chi connectivity index (χ2v) is 4.84. The van der Waals surface area contributed by atoms with E-state index in [0.29, 0.717) is 0 Å². The van der Waals surface area contributed by atoms with Crippen LogP contribution in [-0.2, 0) is 9.59 Å². The lowest BCUT2D eigenvalue weighted by molar-refractivity contribution is -0.135. The molecule has 2 amide bonds. The van der Waals surface area contributed by atoms with E-state index in [4.69, 9.17) is 0 Å². The third kappa shape index (κ3) is 2.90. The number of anilines is 2. The van der Waals surface area contributed by atoms with Crippen molar-refractivity contribution in [1.29, 1.82) is 0 Å². The summed E-state index contributed by atoms with van der Waals surface area (Å²) in [6.07, 6.45) is 0. The molecule has 150 valence electrons. The minimum Gasteiger partial charge on any atom is -0.361 e. The van der Waals surface area contributed by atoms with Crippen LogP contribution in [0.5, 0.6) is 0 Å². The second-order valence-electron chi connectivity index (χ2n) is 4.84. The highest BCUT2D eigenvalue weighted by Gasteiger charge is 2.40. The number of benzene rings is 2. The van der Waals surface area contributed by atoms with Crippen molar-refractivity contribution in [3.63, 3.8) is 0 Å². The Bertz CT molecular complexity index is 912. The summed E-state index contributed by atoms with van der Waals surface area (Å²) < 4.78 is 135. The number of carbonyl (C=O) groups excluding carboxylic acids is 2. The van der Waals surface area contributed by atoms with Crippen molar-refractivity contribution in [2.24, 2.45) is 5.73 Å². The van der Waals surface area contributed by atoms with Gasteiger partial charge in [0.2, 0.25) is 11.6 Å². The zero-order chi connectivity index (χ0) is 21.7. The first-order chi connectivity index (χ1) is 12.8. The quantitative estimate of drug-likeness (QED) is 0.351.